The highest BCUT2D eigenvalue weighted by molar-refractivity contribution is 9.10. The van der Waals surface area contributed by atoms with Gasteiger partial charge < -0.3 is 20.1 Å². The van der Waals surface area contributed by atoms with Gasteiger partial charge in [0.15, 0.2) is 0 Å². The van der Waals surface area contributed by atoms with Crippen LogP contribution < -0.4 is 15.4 Å². The summed E-state index contributed by atoms with van der Waals surface area (Å²) in [6.07, 6.45) is 0. The van der Waals surface area contributed by atoms with Crippen LogP contribution in [0.2, 0.25) is 0 Å². The fourth-order valence-electron chi connectivity index (χ4n) is 2.60. The van der Waals surface area contributed by atoms with Gasteiger partial charge in [-0.2, -0.15) is 0 Å². The Morgan fingerprint density at radius 3 is 2.96 bits per heavy atom. The average Bonchev–Trinajstić information content (AvgIpc) is 2.79. The topological polar surface area (TPSA) is 62.8 Å². The third-order valence-corrected chi connectivity index (χ3v) is 4.59. The minimum absolute atomic E-state index is 0.0302. The molecule has 1 heterocycles. The van der Waals surface area contributed by atoms with E-state index in [0.29, 0.717) is 24.5 Å². The largest absolute Gasteiger partial charge is 0.496 e. The molecule has 1 fully saturated rings. The Balaban J connectivity index is 2.15. The van der Waals surface area contributed by atoms with Crippen LogP contribution in [0.3, 0.4) is 0 Å². The molecule has 1 unspecified atom stereocenters. The van der Waals surface area contributed by atoms with E-state index in [1.807, 2.05) is 7.05 Å². The number of methoxy groups -OCH3 is 1. The number of carbonyl (C=O) groups excluding carboxylic acids is 1. The summed E-state index contributed by atoms with van der Waals surface area (Å²) in [6, 6.07) is 3.55. The summed E-state index contributed by atoms with van der Waals surface area (Å²) in [5.41, 5.74) is 1.37. The van der Waals surface area contributed by atoms with Crippen molar-refractivity contribution in [3.63, 3.8) is 0 Å². The molecule has 128 valence electrons. The van der Waals surface area contributed by atoms with Gasteiger partial charge in [-0.15, -0.1) is 0 Å². The predicted molar refractivity (Wildman–Crippen MR) is 94.4 cm³/mol. The van der Waals surface area contributed by atoms with E-state index in [-0.39, 0.29) is 11.9 Å². The van der Waals surface area contributed by atoms with Crippen molar-refractivity contribution in [1.29, 1.82) is 0 Å². The minimum Gasteiger partial charge on any atom is -0.496 e. The van der Waals surface area contributed by atoms with Gasteiger partial charge in [-0.3, -0.25) is 9.69 Å². The molecule has 0 aromatic heterocycles. The van der Waals surface area contributed by atoms with Gasteiger partial charge in [0.05, 0.1) is 37.6 Å². The second kappa shape index (κ2) is 8.52. The van der Waals surface area contributed by atoms with E-state index >= 15 is 0 Å². The Kier molecular flexibility index (Phi) is 6.68. The van der Waals surface area contributed by atoms with Gasteiger partial charge in [-0.25, -0.2) is 0 Å². The van der Waals surface area contributed by atoms with Crippen molar-refractivity contribution in [1.82, 2.24) is 10.2 Å². The van der Waals surface area contributed by atoms with Gasteiger partial charge in [0.2, 0.25) is 0 Å². The first-order valence-electron chi connectivity index (χ1n) is 7.75. The van der Waals surface area contributed by atoms with Gasteiger partial charge in [-0.1, -0.05) is 6.92 Å². The number of carbonyl (C=O) groups is 1. The lowest BCUT2D eigenvalue weighted by atomic mass is 10.1. The highest BCUT2D eigenvalue weighted by Crippen LogP contribution is 2.31. The zero-order chi connectivity index (χ0) is 16.8. The van der Waals surface area contributed by atoms with Crippen LogP contribution in [-0.2, 0) is 4.74 Å². The second-order valence-corrected chi connectivity index (χ2v) is 6.28. The number of anilines is 1. The molecule has 0 aliphatic carbocycles. The Bertz CT molecular complexity index is 554. The van der Waals surface area contributed by atoms with E-state index in [2.05, 4.69) is 38.4 Å². The van der Waals surface area contributed by atoms with Gasteiger partial charge >= 0.3 is 0 Å². The number of likely N-dealkylation sites (N-methyl/N-ethyl adjacent to an activating group) is 1. The maximum Gasteiger partial charge on any atom is 0.255 e. The van der Waals surface area contributed by atoms with Gasteiger partial charge in [0.1, 0.15) is 5.75 Å². The molecule has 1 amide bonds. The monoisotopic (exact) mass is 385 g/mol. The second-order valence-electron chi connectivity index (χ2n) is 5.42. The quantitative estimate of drug-likeness (QED) is 0.810. The number of nitrogens with zero attached hydrogens (tertiary/aromatic N) is 1. The van der Waals surface area contributed by atoms with Crippen LogP contribution in [0.25, 0.3) is 0 Å². The summed E-state index contributed by atoms with van der Waals surface area (Å²) in [5, 5.41) is 6.11. The average molecular weight is 386 g/mol. The zero-order valence-electron chi connectivity index (χ0n) is 13.8. The van der Waals surface area contributed by atoms with Crippen molar-refractivity contribution < 1.29 is 14.3 Å². The first-order valence-corrected chi connectivity index (χ1v) is 8.54. The number of hydrogen-bond donors (Lipinski definition) is 2. The Morgan fingerprint density at radius 2 is 2.30 bits per heavy atom. The Morgan fingerprint density at radius 1 is 1.52 bits per heavy atom. The van der Waals surface area contributed by atoms with Gasteiger partial charge in [0, 0.05) is 30.7 Å². The molecule has 1 aromatic rings. The molecule has 2 N–H and O–H groups in total. The minimum atomic E-state index is -0.156. The Labute approximate surface area is 145 Å². The van der Waals surface area contributed by atoms with E-state index < -0.39 is 0 Å². The third-order valence-electron chi connectivity index (χ3n) is 3.94. The lowest BCUT2D eigenvalue weighted by molar-refractivity contribution is 0.0880. The first kappa shape index (κ1) is 18.0. The number of halogens is 1. The van der Waals surface area contributed by atoms with Crippen LogP contribution in [0, 0.1) is 0 Å². The summed E-state index contributed by atoms with van der Waals surface area (Å²) < 4.78 is 11.8. The van der Waals surface area contributed by atoms with Crippen LogP contribution in [0.1, 0.15) is 17.3 Å². The first-order chi connectivity index (χ1) is 11.1. The molecule has 1 aliphatic heterocycles. The van der Waals surface area contributed by atoms with Crippen molar-refractivity contribution in [3.05, 3.63) is 22.2 Å². The van der Waals surface area contributed by atoms with Crippen LogP contribution in [0.15, 0.2) is 16.6 Å². The maximum atomic E-state index is 12.6. The molecule has 1 aromatic carbocycles. The molecule has 0 radical (unpaired) electrons. The number of ether oxygens (including phenoxy) is 2. The van der Waals surface area contributed by atoms with Gasteiger partial charge in [-0.05, 0) is 28.5 Å². The standard InChI is InChI=1S/C16H24BrN3O3/c1-4-20-5-6-23-10-11(9-20)19-16(21)12-7-13(17)14(18-2)8-15(12)22-3/h7-8,11,18H,4-6,9-10H2,1-3H3,(H,19,21). The molecule has 1 atom stereocenters. The lowest BCUT2D eigenvalue weighted by Gasteiger charge is -2.23. The van der Waals surface area contributed by atoms with E-state index in [1.165, 1.54) is 0 Å². The smallest absolute Gasteiger partial charge is 0.255 e. The predicted octanol–water partition coefficient (Wildman–Crippen LogP) is 1.95. The number of hydrogen-bond acceptors (Lipinski definition) is 5. The van der Waals surface area contributed by atoms with E-state index in [9.17, 15) is 4.79 Å². The lowest BCUT2D eigenvalue weighted by Crippen LogP contribution is -2.44. The fourth-order valence-corrected chi connectivity index (χ4v) is 3.15. The highest BCUT2D eigenvalue weighted by atomic mass is 79.9. The number of benzene rings is 1. The molecule has 2 rings (SSSR count). The molecular weight excluding hydrogens is 362 g/mol. The molecule has 1 aliphatic rings. The molecule has 0 bridgehead atoms. The number of nitrogens with one attached hydrogen (secondary N) is 2. The molecule has 0 spiro atoms. The van der Waals surface area contributed by atoms with Crippen molar-refractivity contribution in [2.45, 2.75) is 13.0 Å². The van der Waals surface area contributed by atoms with Crippen molar-refractivity contribution in [3.8, 4) is 5.75 Å². The molecule has 1 saturated heterocycles. The molecule has 23 heavy (non-hydrogen) atoms. The number of rotatable bonds is 5. The van der Waals surface area contributed by atoms with Crippen molar-refractivity contribution in [2.75, 3.05) is 52.3 Å². The summed E-state index contributed by atoms with van der Waals surface area (Å²) in [5.74, 6) is 0.383. The summed E-state index contributed by atoms with van der Waals surface area (Å²) >= 11 is 3.47. The Hall–Kier alpha value is -1.31. The maximum absolute atomic E-state index is 12.6. The van der Waals surface area contributed by atoms with Crippen LogP contribution in [-0.4, -0.2) is 63.9 Å². The SMILES string of the molecule is CCN1CCOCC(NC(=O)c2cc(Br)c(NC)cc2OC)C1. The molecule has 0 saturated carbocycles. The van der Waals surface area contributed by atoms with Crippen LogP contribution in [0.4, 0.5) is 5.69 Å². The van der Waals surface area contributed by atoms with Crippen LogP contribution >= 0.6 is 15.9 Å². The molecular formula is C16H24BrN3O3. The molecule has 6 nitrogen and oxygen atoms in total. The van der Waals surface area contributed by atoms with E-state index in [4.69, 9.17) is 9.47 Å². The number of amides is 1. The third kappa shape index (κ3) is 4.59. The van der Waals surface area contributed by atoms with Gasteiger partial charge in [0.25, 0.3) is 5.91 Å². The highest BCUT2D eigenvalue weighted by Gasteiger charge is 2.22. The fraction of sp³-hybridized carbons (Fsp3) is 0.562. The van der Waals surface area contributed by atoms with E-state index in [0.717, 1.165) is 29.8 Å². The van der Waals surface area contributed by atoms with Crippen molar-refractivity contribution in [2.24, 2.45) is 0 Å². The normalized spacial score (nSPS) is 19.0. The summed E-state index contributed by atoms with van der Waals surface area (Å²) in [6.45, 7) is 5.98. The van der Waals surface area contributed by atoms with Crippen molar-refractivity contribution >= 4 is 27.5 Å². The summed E-state index contributed by atoms with van der Waals surface area (Å²) in [4.78, 5) is 14.9. The summed E-state index contributed by atoms with van der Waals surface area (Å²) in [7, 11) is 3.38. The zero-order valence-corrected chi connectivity index (χ0v) is 15.4. The molecule has 7 heteroatoms. The van der Waals surface area contributed by atoms with E-state index in [1.54, 1.807) is 19.2 Å². The van der Waals surface area contributed by atoms with Crippen LogP contribution in [0.5, 0.6) is 5.75 Å².